The van der Waals surface area contributed by atoms with Gasteiger partial charge in [-0.25, -0.2) is 4.79 Å². The fourth-order valence-corrected chi connectivity index (χ4v) is 3.72. The van der Waals surface area contributed by atoms with Crippen LogP contribution in [0.2, 0.25) is 0 Å². The molecule has 3 aromatic carbocycles. The first-order chi connectivity index (χ1) is 18.6. The Labute approximate surface area is 222 Å². The van der Waals surface area contributed by atoms with Gasteiger partial charge in [-0.1, -0.05) is 50.2 Å². The molecule has 0 spiro atoms. The molecule has 0 aliphatic rings. The fraction of sp³-hybridized carbons (Fsp3) is 0.200. The molecular weight excluding hydrogens is 513 g/mol. The van der Waals surface area contributed by atoms with Crippen LogP contribution in [0.25, 0.3) is 17.0 Å². The van der Waals surface area contributed by atoms with Crippen LogP contribution < -0.4 is 19.6 Å². The maximum atomic E-state index is 13.9. The van der Waals surface area contributed by atoms with Crippen LogP contribution in [0.5, 0.6) is 23.0 Å². The van der Waals surface area contributed by atoms with Crippen LogP contribution in [-0.2, 0) is 11.0 Å². The van der Waals surface area contributed by atoms with Crippen molar-refractivity contribution in [2.75, 3.05) is 6.61 Å². The van der Waals surface area contributed by atoms with Crippen LogP contribution in [-0.4, -0.2) is 12.6 Å². The normalized spacial score (nSPS) is 11.8. The number of carbonyl (C=O) groups excluding carboxylic acids is 1. The van der Waals surface area contributed by atoms with E-state index >= 15 is 0 Å². The smallest absolute Gasteiger partial charge is 0.453 e. The highest BCUT2D eigenvalue weighted by atomic mass is 19.4. The summed E-state index contributed by atoms with van der Waals surface area (Å²) >= 11 is 0. The Morgan fingerprint density at radius 2 is 1.69 bits per heavy atom. The molecule has 0 radical (unpaired) electrons. The maximum absolute atomic E-state index is 13.9. The zero-order valence-corrected chi connectivity index (χ0v) is 21.4. The van der Waals surface area contributed by atoms with E-state index in [1.165, 1.54) is 36.4 Å². The molecule has 0 fully saturated rings. The van der Waals surface area contributed by atoms with Crippen molar-refractivity contribution in [3.8, 4) is 23.0 Å². The number of esters is 1. The van der Waals surface area contributed by atoms with Gasteiger partial charge in [0.15, 0.2) is 11.5 Å². The average Bonchev–Trinajstić information content (AvgIpc) is 2.89. The van der Waals surface area contributed by atoms with Gasteiger partial charge in [-0.15, -0.1) is 0 Å². The molecule has 0 bridgehead atoms. The second kappa shape index (κ2) is 11.5. The first kappa shape index (κ1) is 27.5. The monoisotopic (exact) mass is 538 g/mol. The summed E-state index contributed by atoms with van der Waals surface area (Å²) < 4.78 is 62.8. The second-order valence-corrected chi connectivity index (χ2v) is 8.80. The van der Waals surface area contributed by atoms with Crippen molar-refractivity contribution < 1.29 is 36.6 Å². The molecule has 0 aliphatic heterocycles. The van der Waals surface area contributed by atoms with Crippen molar-refractivity contribution in [3.63, 3.8) is 0 Å². The molecule has 0 saturated carbocycles. The molecule has 0 atom stereocenters. The van der Waals surface area contributed by atoms with Gasteiger partial charge in [0.25, 0.3) is 5.76 Å². The van der Waals surface area contributed by atoms with Gasteiger partial charge in [0.2, 0.25) is 11.2 Å². The number of alkyl halides is 3. The first-order valence-corrected chi connectivity index (χ1v) is 12.1. The molecule has 0 saturated heterocycles. The van der Waals surface area contributed by atoms with Gasteiger partial charge in [-0.2, -0.15) is 13.2 Å². The second-order valence-electron chi connectivity index (χ2n) is 8.80. The minimum absolute atomic E-state index is 0.0762. The first-order valence-electron chi connectivity index (χ1n) is 12.1. The molecule has 4 rings (SSSR count). The van der Waals surface area contributed by atoms with E-state index in [9.17, 15) is 22.8 Å². The molecule has 0 N–H and O–H groups in total. The summed E-state index contributed by atoms with van der Waals surface area (Å²) in [4.78, 5) is 25.4. The predicted molar refractivity (Wildman–Crippen MR) is 140 cm³/mol. The number of ether oxygens (including phenoxy) is 3. The molecular formula is C30H25F3O6. The van der Waals surface area contributed by atoms with Gasteiger partial charge in [0.05, 0.1) is 12.0 Å². The minimum atomic E-state index is -5.05. The third-order valence-electron chi connectivity index (χ3n) is 5.67. The van der Waals surface area contributed by atoms with Crippen LogP contribution in [0.4, 0.5) is 13.2 Å². The van der Waals surface area contributed by atoms with E-state index in [0.717, 1.165) is 17.2 Å². The van der Waals surface area contributed by atoms with Gasteiger partial charge in [0, 0.05) is 12.1 Å². The van der Waals surface area contributed by atoms with Crippen molar-refractivity contribution in [1.29, 1.82) is 0 Å². The third kappa shape index (κ3) is 6.49. The number of hydrogen-bond acceptors (Lipinski definition) is 6. The van der Waals surface area contributed by atoms with Crippen molar-refractivity contribution in [1.82, 2.24) is 0 Å². The Kier molecular flexibility index (Phi) is 8.09. The molecule has 0 unspecified atom stereocenters. The number of carbonyl (C=O) groups is 1. The molecule has 1 heterocycles. The third-order valence-corrected chi connectivity index (χ3v) is 5.67. The van der Waals surface area contributed by atoms with Crippen molar-refractivity contribution in [2.45, 2.75) is 32.9 Å². The summed E-state index contributed by atoms with van der Waals surface area (Å²) in [5.41, 5.74) is 0.459. The number of rotatable bonds is 8. The van der Waals surface area contributed by atoms with Gasteiger partial charge < -0.3 is 18.6 Å². The minimum Gasteiger partial charge on any atom is -0.490 e. The van der Waals surface area contributed by atoms with Crippen LogP contribution in [0.3, 0.4) is 0 Å². The van der Waals surface area contributed by atoms with E-state index in [0.29, 0.717) is 5.92 Å². The van der Waals surface area contributed by atoms with E-state index in [1.807, 2.05) is 24.3 Å². The molecule has 0 amide bonds. The summed E-state index contributed by atoms with van der Waals surface area (Å²) in [7, 11) is 0. The summed E-state index contributed by atoms with van der Waals surface area (Å²) in [6.45, 7) is 6.08. The Morgan fingerprint density at radius 3 is 2.33 bits per heavy atom. The van der Waals surface area contributed by atoms with E-state index in [1.54, 1.807) is 19.1 Å². The predicted octanol–water partition coefficient (Wildman–Crippen LogP) is 7.75. The Balaban J connectivity index is 1.63. The van der Waals surface area contributed by atoms with E-state index in [-0.39, 0.29) is 29.2 Å². The molecule has 6 nitrogen and oxygen atoms in total. The van der Waals surface area contributed by atoms with E-state index < -0.39 is 34.7 Å². The zero-order valence-electron chi connectivity index (χ0n) is 21.4. The molecule has 4 aromatic rings. The summed E-state index contributed by atoms with van der Waals surface area (Å²) in [6.07, 6.45) is -2.30. The number of para-hydroxylation sites is 2. The summed E-state index contributed by atoms with van der Waals surface area (Å²) in [5, 5.41) is -0.188. The van der Waals surface area contributed by atoms with Crippen LogP contribution in [0.1, 0.15) is 43.6 Å². The number of halogens is 3. The SMILES string of the molecule is CCOc1ccccc1Oc1c(C(F)(F)F)oc2cc(OC(=O)C=Cc3ccc(C(C)C)cc3)ccc2c1=O. The topological polar surface area (TPSA) is 75.0 Å². The lowest BCUT2D eigenvalue weighted by atomic mass is 10.0. The average molecular weight is 539 g/mol. The van der Waals surface area contributed by atoms with Crippen LogP contribution in [0, 0.1) is 0 Å². The number of hydrogen-bond donors (Lipinski definition) is 0. The van der Waals surface area contributed by atoms with Crippen molar-refractivity contribution >= 4 is 23.0 Å². The fourth-order valence-electron chi connectivity index (χ4n) is 3.72. The molecule has 0 aliphatic carbocycles. The molecule has 202 valence electrons. The van der Waals surface area contributed by atoms with E-state index in [2.05, 4.69) is 13.8 Å². The van der Waals surface area contributed by atoms with Gasteiger partial charge in [-0.05, 0) is 54.3 Å². The summed E-state index contributed by atoms with van der Waals surface area (Å²) in [6, 6.07) is 17.2. The lowest BCUT2D eigenvalue weighted by Crippen LogP contribution is -2.16. The Morgan fingerprint density at radius 1 is 1.00 bits per heavy atom. The standard InChI is InChI=1S/C30H25F3O6/c1-4-36-23-7-5-6-8-24(23)38-28-27(35)22-15-14-21(17-25(22)39-29(28)30(31,32)33)37-26(34)16-11-19-9-12-20(13-10-19)18(2)3/h5-18H,4H2,1-3H3. The molecule has 39 heavy (non-hydrogen) atoms. The Hall–Kier alpha value is -4.53. The van der Waals surface area contributed by atoms with Crippen LogP contribution in [0.15, 0.2) is 82.0 Å². The van der Waals surface area contributed by atoms with E-state index in [4.69, 9.17) is 18.6 Å². The lowest BCUT2D eigenvalue weighted by Gasteiger charge is -2.15. The quantitative estimate of drug-likeness (QED) is 0.130. The molecule has 9 heteroatoms. The highest BCUT2D eigenvalue weighted by Crippen LogP contribution is 2.40. The van der Waals surface area contributed by atoms with Crippen LogP contribution >= 0.6 is 0 Å². The van der Waals surface area contributed by atoms with Crippen molar-refractivity contribution in [2.24, 2.45) is 0 Å². The summed E-state index contributed by atoms with van der Waals surface area (Å²) in [5.74, 6) is -3.05. The number of benzene rings is 3. The molecule has 1 aromatic heterocycles. The Bertz CT molecular complexity index is 1570. The highest BCUT2D eigenvalue weighted by molar-refractivity contribution is 5.89. The highest BCUT2D eigenvalue weighted by Gasteiger charge is 2.40. The lowest BCUT2D eigenvalue weighted by molar-refractivity contribution is -0.154. The number of fused-ring (bicyclic) bond motifs is 1. The van der Waals surface area contributed by atoms with Gasteiger partial charge in [0.1, 0.15) is 11.3 Å². The van der Waals surface area contributed by atoms with Gasteiger partial charge >= 0.3 is 12.1 Å². The van der Waals surface area contributed by atoms with Crippen molar-refractivity contribution in [3.05, 3.63) is 99.9 Å². The largest absolute Gasteiger partial charge is 0.490 e. The zero-order chi connectivity index (χ0) is 28.2. The maximum Gasteiger partial charge on any atom is 0.453 e. The van der Waals surface area contributed by atoms with Gasteiger partial charge in [-0.3, -0.25) is 4.79 Å².